The third-order valence-electron chi connectivity index (χ3n) is 5.59. The Hall–Kier alpha value is -3.72. The zero-order valence-electron chi connectivity index (χ0n) is 19.3. The number of hydrogen-bond acceptors (Lipinski definition) is 8. The summed E-state index contributed by atoms with van der Waals surface area (Å²) in [5.74, 6) is 0.729. The van der Waals surface area contributed by atoms with Gasteiger partial charge in [0, 0.05) is 39.6 Å². The first-order valence-electron chi connectivity index (χ1n) is 11.3. The highest BCUT2D eigenvalue weighted by molar-refractivity contribution is 5.92. The topological polar surface area (TPSA) is 98.0 Å². The molecule has 2 heterocycles. The first-order chi connectivity index (χ1) is 16.5. The molecule has 1 unspecified atom stereocenters. The second-order valence-electron chi connectivity index (χ2n) is 8.18. The van der Waals surface area contributed by atoms with Crippen LogP contribution in [0.15, 0.2) is 59.1 Å². The zero-order chi connectivity index (χ0) is 23.9. The van der Waals surface area contributed by atoms with Gasteiger partial charge in [-0.15, -0.1) is 0 Å². The SMILES string of the molecule is Cc1nc(COc2ccc(C(=O)OC(C)C(=O)N3CCN(Cc4ccccc4)CC3)cc2)no1. The van der Waals surface area contributed by atoms with Gasteiger partial charge in [0.05, 0.1) is 5.56 Å². The summed E-state index contributed by atoms with van der Waals surface area (Å²) in [5, 5.41) is 3.76. The Morgan fingerprint density at radius 1 is 1.03 bits per heavy atom. The van der Waals surface area contributed by atoms with Crippen LogP contribution < -0.4 is 4.74 Å². The molecule has 1 aliphatic rings. The predicted molar refractivity (Wildman–Crippen MR) is 123 cm³/mol. The molecule has 2 aromatic carbocycles. The molecule has 34 heavy (non-hydrogen) atoms. The van der Waals surface area contributed by atoms with Crippen LogP contribution in [0.5, 0.6) is 5.75 Å². The Morgan fingerprint density at radius 3 is 2.38 bits per heavy atom. The monoisotopic (exact) mass is 464 g/mol. The molecular weight excluding hydrogens is 436 g/mol. The molecule has 9 heteroatoms. The van der Waals surface area contributed by atoms with Gasteiger partial charge < -0.3 is 18.9 Å². The fourth-order valence-electron chi connectivity index (χ4n) is 3.74. The molecule has 0 spiro atoms. The molecule has 9 nitrogen and oxygen atoms in total. The minimum atomic E-state index is -0.856. The Morgan fingerprint density at radius 2 is 1.74 bits per heavy atom. The van der Waals surface area contributed by atoms with Crippen molar-refractivity contribution in [3.05, 3.63) is 77.4 Å². The quantitative estimate of drug-likeness (QED) is 0.470. The van der Waals surface area contributed by atoms with Crippen molar-refractivity contribution < 1.29 is 23.6 Å². The van der Waals surface area contributed by atoms with E-state index in [1.807, 2.05) is 18.2 Å². The molecule has 3 aromatic rings. The van der Waals surface area contributed by atoms with E-state index in [0.29, 0.717) is 36.1 Å². The molecule has 4 rings (SSSR count). The fraction of sp³-hybridized carbons (Fsp3) is 0.360. The molecule has 0 aliphatic carbocycles. The molecule has 0 N–H and O–H groups in total. The van der Waals surface area contributed by atoms with Crippen LogP contribution in [0.3, 0.4) is 0 Å². The van der Waals surface area contributed by atoms with Gasteiger partial charge in [-0.25, -0.2) is 4.79 Å². The number of carbonyl (C=O) groups is 2. The lowest BCUT2D eigenvalue weighted by atomic mass is 10.2. The van der Waals surface area contributed by atoms with E-state index in [0.717, 1.165) is 19.6 Å². The maximum atomic E-state index is 12.8. The molecule has 1 amide bonds. The molecule has 1 aliphatic heterocycles. The summed E-state index contributed by atoms with van der Waals surface area (Å²) < 4.78 is 15.9. The number of esters is 1. The van der Waals surface area contributed by atoms with Crippen LogP contribution in [-0.2, 0) is 22.7 Å². The second kappa shape index (κ2) is 10.9. The van der Waals surface area contributed by atoms with Crippen LogP contribution >= 0.6 is 0 Å². The molecule has 0 radical (unpaired) electrons. The highest BCUT2D eigenvalue weighted by Gasteiger charge is 2.27. The van der Waals surface area contributed by atoms with Gasteiger partial charge >= 0.3 is 5.97 Å². The average molecular weight is 465 g/mol. The minimum Gasteiger partial charge on any atom is -0.485 e. The normalized spacial score (nSPS) is 15.1. The summed E-state index contributed by atoms with van der Waals surface area (Å²) in [5.41, 5.74) is 1.60. The van der Waals surface area contributed by atoms with E-state index in [2.05, 4.69) is 27.2 Å². The maximum Gasteiger partial charge on any atom is 0.338 e. The molecule has 178 valence electrons. The lowest BCUT2D eigenvalue weighted by Gasteiger charge is -2.35. The van der Waals surface area contributed by atoms with Gasteiger partial charge in [0.2, 0.25) is 11.7 Å². The smallest absolute Gasteiger partial charge is 0.338 e. The summed E-state index contributed by atoms with van der Waals surface area (Å²) in [6.07, 6.45) is -0.856. The number of aromatic nitrogens is 2. The highest BCUT2D eigenvalue weighted by Crippen LogP contribution is 2.16. The average Bonchev–Trinajstić information content (AvgIpc) is 3.28. The van der Waals surface area contributed by atoms with Crippen molar-refractivity contribution in [1.82, 2.24) is 19.9 Å². The molecule has 1 fully saturated rings. The summed E-state index contributed by atoms with van der Waals surface area (Å²) in [6.45, 7) is 7.13. The number of piperazine rings is 1. The number of carbonyl (C=O) groups excluding carboxylic acids is 2. The number of amides is 1. The Kier molecular flexibility index (Phi) is 7.54. The standard InChI is InChI=1S/C25H28N4O5/c1-18(24(30)29-14-12-28(13-15-29)16-20-6-4-3-5-7-20)33-25(31)21-8-10-22(11-9-21)32-17-23-26-19(2)34-27-23/h3-11,18H,12-17H2,1-2H3. The number of rotatable bonds is 8. The summed E-state index contributed by atoms with van der Waals surface area (Å²) in [4.78, 5) is 33.5. The Bertz CT molecular complexity index is 1090. The van der Waals surface area contributed by atoms with Gasteiger partial charge in [-0.1, -0.05) is 35.5 Å². The number of aryl methyl sites for hydroxylation is 1. The number of hydrogen-bond donors (Lipinski definition) is 0. The number of nitrogens with zero attached hydrogens (tertiary/aromatic N) is 4. The van der Waals surface area contributed by atoms with Gasteiger partial charge in [0.25, 0.3) is 5.91 Å². The maximum absolute atomic E-state index is 12.8. The van der Waals surface area contributed by atoms with E-state index in [1.54, 1.807) is 43.0 Å². The lowest BCUT2D eigenvalue weighted by Crippen LogP contribution is -2.51. The summed E-state index contributed by atoms with van der Waals surface area (Å²) >= 11 is 0. The molecule has 1 atom stereocenters. The predicted octanol–water partition coefficient (Wildman–Crippen LogP) is 2.85. The Labute approximate surface area is 198 Å². The third-order valence-corrected chi connectivity index (χ3v) is 5.59. The number of benzene rings is 2. The van der Waals surface area contributed by atoms with E-state index in [1.165, 1.54) is 5.56 Å². The lowest BCUT2D eigenvalue weighted by molar-refractivity contribution is -0.141. The van der Waals surface area contributed by atoms with E-state index in [4.69, 9.17) is 14.0 Å². The highest BCUT2D eigenvalue weighted by atomic mass is 16.5. The van der Waals surface area contributed by atoms with Crippen LogP contribution in [0.25, 0.3) is 0 Å². The van der Waals surface area contributed by atoms with Gasteiger partial charge in [-0.2, -0.15) is 4.98 Å². The first-order valence-corrected chi connectivity index (χ1v) is 11.3. The van der Waals surface area contributed by atoms with E-state index >= 15 is 0 Å². The van der Waals surface area contributed by atoms with Crippen LogP contribution in [0.4, 0.5) is 0 Å². The van der Waals surface area contributed by atoms with Crippen LogP contribution in [0.2, 0.25) is 0 Å². The van der Waals surface area contributed by atoms with Crippen molar-refractivity contribution >= 4 is 11.9 Å². The molecule has 1 aromatic heterocycles. The second-order valence-corrected chi connectivity index (χ2v) is 8.18. The molecule has 0 bridgehead atoms. The summed E-state index contributed by atoms with van der Waals surface area (Å²) in [6, 6.07) is 16.8. The summed E-state index contributed by atoms with van der Waals surface area (Å²) in [7, 11) is 0. The molecule has 1 saturated heterocycles. The largest absolute Gasteiger partial charge is 0.485 e. The minimum absolute atomic E-state index is 0.158. The van der Waals surface area contributed by atoms with Crippen LogP contribution in [0.1, 0.15) is 34.6 Å². The number of ether oxygens (including phenoxy) is 2. The first kappa shape index (κ1) is 23.4. The van der Waals surface area contributed by atoms with E-state index in [9.17, 15) is 9.59 Å². The Balaban J connectivity index is 1.22. The third kappa shape index (κ3) is 6.20. The van der Waals surface area contributed by atoms with Gasteiger partial charge in [-0.05, 0) is 36.8 Å². The molecular formula is C25H28N4O5. The molecule has 0 saturated carbocycles. The van der Waals surface area contributed by atoms with Crippen molar-refractivity contribution in [2.45, 2.75) is 33.1 Å². The van der Waals surface area contributed by atoms with Crippen molar-refractivity contribution in [3.63, 3.8) is 0 Å². The van der Waals surface area contributed by atoms with Crippen molar-refractivity contribution in [2.75, 3.05) is 26.2 Å². The van der Waals surface area contributed by atoms with Gasteiger partial charge in [-0.3, -0.25) is 9.69 Å². The van der Waals surface area contributed by atoms with Crippen LogP contribution in [-0.4, -0.2) is 64.1 Å². The van der Waals surface area contributed by atoms with Crippen LogP contribution in [0, 0.1) is 6.92 Å². The van der Waals surface area contributed by atoms with Crippen molar-refractivity contribution in [2.24, 2.45) is 0 Å². The van der Waals surface area contributed by atoms with Crippen molar-refractivity contribution in [1.29, 1.82) is 0 Å². The van der Waals surface area contributed by atoms with E-state index in [-0.39, 0.29) is 12.5 Å². The van der Waals surface area contributed by atoms with Crippen molar-refractivity contribution in [3.8, 4) is 5.75 Å². The van der Waals surface area contributed by atoms with Gasteiger partial charge in [0.1, 0.15) is 5.75 Å². The fourth-order valence-corrected chi connectivity index (χ4v) is 3.74. The van der Waals surface area contributed by atoms with Gasteiger partial charge in [0.15, 0.2) is 12.7 Å². The van der Waals surface area contributed by atoms with E-state index < -0.39 is 12.1 Å². The zero-order valence-corrected chi connectivity index (χ0v) is 19.3.